The molecule has 8 bridgehead atoms. The molecule has 4 N–H and O–H groups in total. The van der Waals surface area contributed by atoms with E-state index in [2.05, 4.69) is 20.3 Å². The van der Waals surface area contributed by atoms with Gasteiger partial charge in [0.25, 0.3) is 0 Å². The molecule has 0 aromatic carbocycles. The Morgan fingerprint density at radius 2 is 1.68 bits per heavy atom. The van der Waals surface area contributed by atoms with E-state index in [0.29, 0.717) is 11.4 Å². The number of hydrogen-bond donors (Lipinski definition) is 4. The molecule has 5 heterocycles. The zero-order valence-electron chi connectivity index (χ0n) is 14.5. The van der Waals surface area contributed by atoms with Crippen LogP contribution in [0.1, 0.15) is 11.4 Å². The highest BCUT2D eigenvalue weighted by Gasteiger charge is 2.33. The molecular formula is C20H14N6O2. The summed E-state index contributed by atoms with van der Waals surface area (Å²) in [4.78, 5) is 22.0. The molecule has 0 radical (unpaired) electrons. The van der Waals surface area contributed by atoms with Gasteiger partial charge >= 0.3 is 5.70 Å². The third-order valence-corrected chi connectivity index (χ3v) is 4.56. The van der Waals surface area contributed by atoms with Crippen LogP contribution in [0.5, 0.6) is 0 Å². The fourth-order valence-electron chi connectivity index (χ4n) is 3.31. The standard InChI is InChI=1S/C20H14N6O2/c21-19-17-9-15-5-3-13(23-15)7-11-1-2-12(22-11)8-14-4-6-16(24-14)10-18(25-17)20(19)26(27)28/h1-10,21-23,25H. The van der Waals surface area contributed by atoms with Gasteiger partial charge in [0.1, 0.15) is 5.70 Å². The van der Waals surface area contributed by atoms with Crippen LogP contribution in [-0.2, 0) is 0 Å². The van der Waals surface area contributed by atoms with Gasteiger partial charge < -0.3 is 15.3 Å². The smallest absolute Gasteiger partial charge is 0.319 e. The third kappa shape index (κ3) is 2.73. The molecule has 0 aliphatic carbocycles. The van der Waals surface area contributed by atoms with Crippen molar-refractivity contribution in [3.8, 4) is 0 Å². The lowest BCUT2D eigenvalue weighted by Gasteiger charge is -1.99. The van der Waals surface area contributed by atoms with Crippen molar-refractivity contribution in [3.05, 3.63) is 97.5 Å². The number of hydrogen-bond acceptors (Lipinski definition) is 5. The van der Waals surface area contributed by atoms with Gasteiger partial charge in [-0.1, -0.05) is 0 Å². The van der Waals surface area contributed by atoms with Crippen LogP contribution in [0, 0.1) is 15.5 Å². The van der Waals surface area contributed by atoms with Crippen molar-refractivity contribution in [3.63, 3.8) is 0 Å². The summed E-state index contributed by atoms with van der Waals surface area (Å²) in [6, 6.07) is 7.71. The molecule has 3 aliphatic rings. The Labute approximate surface area is 158 Å². The topological polar surface area (TPSA) is 123 Å². The zero-order chi connectivity index (χ0) is 19.3. The number of nitrogens with one attached hydrogen (secondary N) is 4. The molecule has 0 saturated heterocycles. The van der Waals surface area contributed by atoms with Crippen molar-refractivity contribution in [2.75, 3.05) is 0 Å². The molecule has 0 atom stereocenters. The predicted molar refractivity (Wildman–Crippen MR) is 106 cm³/mol. The van der Waals surface area contributed by atoms with E-state index in [0.717, 1.165) is 27.8 Å². The molecule has 2 aromatic heterocycles. The third-order valence-electron chi connectivity index (χ3n) is 4.56. The van der Waals surface area contributed by atoms with Crippen molar-refractivity contribution in [2.45, 2.75) is 0 Å². The first-order valence-electron chi connectivity index (χ1n) is 8.58. The number of aromatic amines is 2. The average molecular weight is 370 g/mol. The number of aliphatic imine (C=N–C) groups is 1. The van der Waals surface area contributed by atoms with E-state index in [1.807, 2.05) is 42.5 Å². The molecule has 0 amide bonds. The Kier molecular flexibility index (Phi) is 3.38. The summed E-state index contributed by atoms with van der Waals surface area (Å²) in [5, 5.41) is 24.6. The Hall–Kier alpha value is -4.20. The van der Waals surface area contributed by atoms with E-state index in [9.17, 15) is 10.1 Å². The number of aromatic nitrogens is 2. The number of nitro groups is 1. The highest BCUT2D eigenvalue weighted by Crippen LogP contribution is 2.24. The van der Waals surface area contributed by atoms with Gasteiger partial charge in [-0.2, -0.15) is 0 Å². The fraction of sp³-hybridized carbons (Fsp3) is 0. The molecule has 0 fully saturated rings. The highest BCUT2D eigenvalue weighted by molar-refractivity contribution is 6.19. The summed E-state index contributed by atoms with van der Waals surface area (Å²) in [6.07, 6.45) is 10.8. The quantitative estimate of drug-likeness (QED) is 0.447. The molecule has 0 unspecified atom stereocenters. The van der Waals surface area contributed by atoms with Gasteiger partial charge in [0.15, 0.2) is 5.71 Å². The maximum atomic E-state index is 11.5. The molecule has 8 heteroatoms. The Morgan fingerprint density at radius 3 is 2.46 bits per heavy atom. The molecule has 3 aliphatic heterocycles. The second kappa shape index (κ2) is 5.92. The maximum Gasteiger partial charge on any atom is 0.319 e. The minimum absolute atomic E-state index is 0.160. The van der Waals surface area contributed by atoms with Gasteiger partial charge in [-0.05, 0) is 60.7 Å². The first kappa shape index (κ1) is 16.0. The molecule has 8 nitrogen and oxygen atoms in total. The normalized spacial score (nSPS) is 17.4. The summed E-state index contributed by atoms with van der Waals surface area (Å²) in [7, 11) is 0. The SMILES string of the molecule is N=C1C2=Cc3ccc([nH]3)C=c3ccc([nH]3)=CC3=NC(=CC(=C1[N+](=O)[O-])N2)C=C3. The van der Waals surface area contributed by atoms with Crippen LogP contribution in [-0.4, -0.2) is 26.3 Å². The monoisotopic (exact) mass is 370 g/mol. The summed E-state index contributed by atoms with van der Waals surface area (Å²) >= 11 is 0. The summed E-state index contributed by atoms with van der Waals surface area (Å²) in [5.41, 5.74) is 3.11. The van der Waals surface area contributed by atoms with E-state index < -0.39 is 4.92 Å². The maximum absolute atomic E-state index is 11.5. The van der Waals surface area contributed by atoms with Crippen LogP contribution in [0.25, 0.3) is 18.2 Å². The van der Waals surface area contributed by atoms with Gasteiger partial charge in [0.05, 0.1) is 22.0 Å². The van der Waals surface area contributed by atoms with Crippen molar-refractivity contribution in [1.82, 2.24) is 15.3 Å². The van der Waals surface area contributed by atoms with Gasteiger partial charge in [-0.3, -0.25) is 15.5 Å². The molecule has 0 saturated carbocycles. The molecule has 0 spiro atoms. The van der Waals surface area contributed by atoms with E-state index in [-0.39, 0.29) is 17.1 Å². The zero-order valence-corrected chi connectivity index (χ0v) is 14.5. The minimum atomic E-state index is -0.541. The Balaban J connectivity index is 1.74. The van der Waals surface area contributed by atoms with Crippen molar-refractivity contribution >= 4 is 29.7 Å². The van der Waals surface area contributed by atoms with Crippen LogP contribution in [0.4, 0.5) is 0 Å². The van der Waals surface area contributed by atoms with Crippen molar-refractivity contribution in [2.24, 2.45) is 4.99 Å². The molecule has 2 aromatic rings. The first-order valence-corrected chi connectivity index (χ1v) is 8.58. The minimum Gasteiger partial charge on any atom is -0.355 e. The first-order chi connectivity index (χ1) is 13.5. The predicted octanol–water partition coefficient (Wildman–Crippen LogP) is 1.31. The second-order valence-electron chi connectivity index (χ2n) is 6.54. The Bertz CT molecular complexity index is 1330. The van der Waals surface area contributed by atoms with Crippen molar-refractivity contribution in [1.29, 1.82) is 5.41 Å². The largest absolute Gasteiger partial charge is 0.355 e. The van der Waals surface area contributed by atoms with Crippen LogP contribution in [0.2, 0.25) is 0 Å². The van der Waals surface area contributed by atoms with E-state index in [1.54, 1.807) is 18.2 Å². The van der Waals surface area contributed by atoms with Gasteiger partial charge in [0, 0.05) is 22.1 Å². The van der Waals surface area contributed by atoms with Crippen molar-refractivity contribution < 1.29 is 4.92 Å². The number of nitrogens with zero attached hydrogens (tertiary/aromatic N) is 2. The summed E-state index contributed by atoms with van der Waals surface area (Å²) in [5.74, 6) is 0. The van der Waals surface area contributed by atoms with E-state index in [4.69, 9.17) is 5.41 Å². The number of rotatable bonds is 1. The molecule has 5 rings (SSSR count). The second-order valence-corrected chi connectivity index (χ2v) is 6.54. The summed E-state index contributed by atoms with van der Waals surface area (Å²) < 4.78 is 0. The molecule has 136 valence electrons. The number of H-pyrrole nitrogens is 2. The molecular weight excluding hydrogens is 356 g/mol. The number of allylic oxidation sites excluding steroid dienone is 3. The van der Waals surface area contributed by atoms with E-state index in [1.165, 1.54) is 0 Å². The van der Waals surface area contributed by atoms with Gasteiger partial charge in [0.2, 0.25) is 0 Å². The lowest BCUT2D eigenvalue weighted by atomic mass is 10.2. The van der Waals surface area contributed by atoms with Gasteiger partial charge in [-0.15, -0.1) is 0 Å². The molecule has 28 heavy (non-hydrogen) atoms. The van der Waals surface area contributed by atoms with Gasteiger partial charge in [-0.25, -0.2) is 4.99 Å². The Morgan fingerprint density at radius 1 is 0.929 bits per heavy atom. The van der Waals surface area contributed by atoms with Crippen LogP contribution < -0.4 is 16.0 Å². The lowest BCUT2D eigenvalue weighted by Crippen LogP contribution is -2.11. The average Bonchev–Trinajstić information content (AvgIpc) is 3.40. The lowest BCUT2D eigenvalue weighted by molar-refractivity contribution is -0.415. The van der Waals surface area contributed by atoms with Crippen LogP contribution in [0.3, 0.4) is 0 Å². The summed E-state index contributed by atoms with van der Waals surface area (Å²) in [6.45, 7) is 0. The number of fused-ring (bicyclic) bond motifs is 7. The highest BCUT2D eigenvalue weighted by atomic mass is 16.6. The van der Waals surface area contributed by atoms with Crippen LogP contribution in [0.15, 0.2) is 70.3 Å². The fourth-order valence-corrected chi connectivity index (χ4v) is 3.31. The van der Waals surface area contributed by atoms with Crippen LogP contribution >= 0.6 is 0 Å². The van der Waals surface area contributed by atoms with E-state index >= 15 is 0 Å².